The molecule has 1 heterocycles. The summed E-state index contributed by atoms with van der Waals surface area (Å²) in [5.74, 6) is 0. The van der Waals surface area contributed by atoms with Gasteiger partial charge in [-0.15, -0.1) is 0 Å². The maximum absolute atomic E-state index is 12.1. The van der Waals surface area contributed by atoms with Crippen molar-refractivity contribution >= 4 is 21.4 Å². The van der Waals surface area contributed by atoms with Crippen LogP contribution in [0.25, 0.3) is 0 Å². The molecule has 8 heteroatoms. The van der Waals surface area contributed by atoms with Gasteiger partial charge in [0.05, 0.1) is 22.9 Å². The van der Waals surface area contributed by atoms with Crippen LogP contribution in [0.3, 0.4) is 0 Å². The third-order valence-electron chi connectivity index (χ3n) is 3.79. The highest BCUT2D eigenvalue weighted by Gasteiger charge is 2.34. The van der Waals surface area contributed by atoms with Crippen molar-refractivity contribution in [1.82, 2.24) is 4.41 Å². The highest BCUT2D eigenvalue weighted by atomic mass is 32.2. The van der Waals surface area contributed by atoms with Crippen LogP contribution in [0.15, 0.2) is 59.7 Å². The van der Waals surface area contributed by atoms with Gasteiger partial charge < -0.3 is 0 Å². The van der Waals surface area contributed by atoms with E-state index < -0.39 is 21.0 Å². The molecule has 24 heavy (non-hydrogen) atoms. The molecule has 0 saturated heterocycles. The minimum Gasteiger partial charge on any atom is -0.258 e. The van der Waals surface area contributed by atoms with Crippen LogP contribution in [0.1, 0.15) is 23.6 Å². The Morgan fingerprint density at radius 3 is 2.50 bits per heavy atom. The molecule has 2 aromatic carbocycles. The van der Waals surface area contributed by atoms with Crippen LogP contribution >= 0.6 is 0 Å². The van der Waals surface area contributed by atoms with Crippen molar-refractivity contribution in [2.45, 2.75) is 12.5 Å². The van der Waals surface area contributed by atoms with Gasteiger partial charge in [0.1, 0.15) is 0 Å². The molecular formula is C16H15N3O4S. The van der Waals surface area contributed by atoms with Gasteiger partial charge in [-0.25, -0.2) is 8.42 Å². The molecule has 3 rings (SSSR count). The van der Waals surface area contributed by atoms with E-state index in [1.54, 1.807) is 12.1 Å². The molecule has 0 N–H and O–H groups in total. The molecule has 0 fully saturated rings. The number of nitro groups is 1. The Balaban J connectivity index is 2.02. The lowest BCUT2D eigenvalue weighted by Crippen LogP contribution is -2.25. The molecule has 0 amide bonds. The highest BCUT2D eigenvalue weighted by molar-refractivity contribution is 7.88. The topological polar surface area (TPSA) is 92.9 Å². The summed E-state index contributed by atoms with van der Waals surface area (Å²) < 4.78 is 25.2. The molecule has 1 aliphatic heterocycles. The number of hydrogen-bond donors (Lipinski definition) is 0. The van der Waals surface area contributed by atoms with Crippen LogP contribution in [-0.4, -0.2) is 29.7 Å². The molecule has 124 valence electrons. The van der Waals surface area contributed by atoms with E-state index in [0.717, 1.165) is 16.2 Å². The quantitative estimate of drug-likeness (QED) is 0.629. The average molecular weight is 345 g/mol. The Morgan fingerprint density at radius 2 is 1.88 bits per heavy atom. The second-order valence-electron chi connectivity index (χ2n) is 5.52. The van der Waals surface area contributed by atoms with E-state index in [2.05, 4.69) is 5.10 Å². The minimum absolute atomic E-state index is 0.0516. The van der Waals surface area contributed by atoms with Crippen LogP contribution in [0.2, 0.25) is 0 Å². The molecule has 0 radical (unpaired) electrons. The van der Waals surface area contributed by atoms with E-state index in [1.807, 2.05) is 30.3 Å². The van der Waals surface area contributed by atoms with Gasteiger partial charge in [0, 0.05) is 24.1 Å². The third-order valence-corrected chi connectivity index (χ3v) is 4.80. The fourth-order valence-corrected chi connectivity index (χ4v) is 3.60. The zero-order chi connectivity index (χ0) is 17.3. The van der Waals surface area contributed by atoms with Crippen LogP contribution in [0.5, 0.6) is 0 Å². The summed E-state index contributed by atoms with van der Waals surface area (Å²) in [6, 6.07) is 14.8. The third kappa shape index (κ3) is 3.13. The molecular weight excluding hydrogens is 330 g/mol. The molecule has 7 nitrogen and oxygen atoms in total. The summed E-state index contributed by atoms with van der Waals surface area (Å²) in [6.45, 7) is 0. The van der Waals surface area contributed by atoms with E-state index >= 15 is 0 Å². The maximum atomic E-state index is 12.1. The lowest BCUT2D eigenvalue weighted by molar-refractivity contribution is -0.384. The first kappa shape index (κ1) is 16.1. The predicted molar refractivity (Wildman–Crippen MR) is 90.1 cm³/mol. The second kappa shape index (κ2) is 6.04. The highest BCUT2D eigenvalue weighted by Crippen LogP contribution is 2.34. The number of sulfonamides is 1. The number of nitro benzene ring substituents is 1. The number of rotatable bonds is 4. The van der Waals surface area contributed by atoms with E-state index in [-0.39, 0.29) is 5.69 Å². The Hall–Kier alpha value is -2.74. The van der Waals surface area contributed by atoms with Gasteiger partial charge in [-0.05, 0) is 5.56 Å². The van der Waals surface area contributed by atoms with Gasteiger partial charge in [0.15, 0.2) is 0 Å². The van der Waals surface area contributed by atoms with Crippen molar-refractivity contribution in [2.24, 2.45) is 5.10 Å². The van der Waals surface area contributed by atoms with Crippen LogP contribution in [-0.2, 0) is 10.0 Å². The zero-order valence-electron chi connectivity index (χ0n) is 12.9. The normalized spacial score (nSPS) is 17.6. The predicted octanol–water partition coefficient (Wildman–Crippen LogP) is 2.71. The van der Waals surface area contributed by atoms with Crippen LogP contribution in [0, 0.1) is 10.1 Å². The molecule has 1 aliphatic rings. The van der Waals surface area contributed by atoms with Crippen molar-refractivity contribution in [3.63, 3.8) is 0 Å². The van der Waals surface area contributed by atoms with E-state index in [4.69, 9.17) is 0 Å². The minimum atomic E-state index is -3.56. The van der Waals surface area contributed by atoms with E-state index in [0.29, 0.717) is 17.7 Å². The lowest BCUT2D eigenvalue weighted by Gasteiger charge is -2.21. The largest absolute Gasteiger partial charge is 0.270 e. The molecule has 1 atom stereocenters. The smallest absolute Gasteiger partial charge is 0.258 e. The van der Waals surface area contributed by atoms with Gasteiger partial charge in [0.25, 0.3) is 5.69 Å². The Labute approximate surface area is 139 Å². The van der Waals surface area contributed by atoms with Crippen LogP contribution < -0.4 is 0 Å². The van der Waals surface area contributed by atoms with Gasteiger partial charge in [-0.1, -0.05) is 42.5 Å². The average Bonchev–Trinajstić information content (AvgIpc) is 3.01. The summed E-state index contributed by atoms with van der Waals surface area (Å²) in [6.07, 6.45) is 1.46. The second-order valence-corrected chi connectivity index (χ2v) is 7.36. The Kier molecular flexibility index (Phi) is 4.06. The maximum Gasteiger partial charge on any atom is 0.270 e. The molecule has 0 aliphatic carbocycles. The standard InChI is InChI=1S/C16H15N3O4S/c1-24(22,23)18-16(12-6-3-2-4-7-12)11-15(17-18)13-8-5-9-14(10-13)19(20)21/h2-10,16H,11H2,1H3. The number of hydrazone groups is 1. The van der Waals surface area contributed by atoms with Crippen molar-refractivity contribution in [1.29, 1.82) is 0 Å². The summed E-state index contributed by atoms with van der Waals surface area (Å²) >= 11 is 0. The zero-order valence-corrected chi connectivity index (χ0v) is 13.7. The Bertz CT molecular complexity index is 910. The SMILES string of the molecule is CS(=O)(=O)N1N=C(c2cccc([N+](=O)[O-])c2)CC1c1ccccc1. The number of benzene rings is 2. The molecule has 0 spiro atoms. The summed E-state index contributed by atoms with van der Waals surface area (Å²) in [7, 11) is -3.56. The monoisotopic (exact) mass is 345 g/mol. The Morgan fingerprint density at radius 1 is 1.17 bits per heavy atom. The number of hydrogen-bond acceptors (Lipinski definition) is 5. The molecule has 0 saturated carbocycles. The van der Waals surface area contributed by atoms with Crippen LogP contribution in [0.4, 0.5) is 5.69 Å². The van der Waals surface area contributed by atoms with Gasteiger partial charge in [-0.2, -0.15) is 9.52 Å². The number of nitrogens with zero attached hydrogens (tertiary/aromatic N) is 3. The molecule has 2 aromatic rings. The molecule has 0 aromatic heterocycles. The van der Waals surface area contributed by atoms with Gasteiger partial charge >= 0.3 is 0 Å². The van der Waals surface area contributed by atoms with Crippen molar-refractivity contribution in [3.8, 4) is 0 Å². The first-order chi connectivity index (χ1) is 11.4. The van der Waals surface area contributed by atoms with Gasteiger partial charge in [0.2, 0.25) is 10.0 Å². The van der Waals surface area contributed by atoms with Crippen molar-refractivity contribution in [2.75, 3.05) is 6.26 Å². The first-order valence-electron chi connectivity index (χ1n) is 7.23. The van der Waals surface area contributed by atoms with Crippen molar-refractivity contribution in [3.05, 3.63) is 75.8 Å². The first-order valence-corrected chi connectivity index (χ1v) is 9.08. The van der Waals surface area contributed by atoms with E-state index in [9.17, 15) is 18.5 Å². The summed E-state index contributed by atoms with van der Waals surface area (Å²) in [5.41, 5.74) is 1.84. The van der Waals surface area contributed by atoms with Gasteiger partial charge in [-0.3, -0.25) is 10.1 Å². The fraction of sp³-hybridized carbons (Fsp3) is 0.188. The summed E-state index contributed by atoms with van der Waals surface area (Å²) in [4.78, 5) is 10.5. The molecule has 0 bridgehead atoms. The number of non-ortho nitro benzene ring substituents is 1. The fourth-order valence-electron chi connectivity index (χ4n) is 2.69. The van der Waals surface area contributed by atoms with E-state index in [1.165, 1.54) is 12.1 Å². The van der Waals surface area contributed by atoms with Crippen molar-refractivity contribution < 1.29 is 13.3 Å². The summed E-state index contributed by atoms with van der Waals surface area (Å²) in [5, 5.41) is 15.2. The lowest BCUT2D eigenvalue weighted by atomic mass is 9.99. The molecule has 1 unspecified atom stereocenters.